The van der Waals surface area contributed by atoms with Crippen LogP contribution in [-0.4, -0.2) is 16.9 Å². The van der Waals surface area contributed by atoms with Crippen molar-refractivity contribution in [3.63, 3.8) is 0 Å². The van der Waals surface area contributed by atoms with E-state index in [4.69, 9.17) is 11.6 Å². The maximum atomic E-state index is 12.6. The Hall–Kier alpha value is -2.39. The number of nitrogens with zero attached hydrogens (tertiary/aromatic N) is 1. The maximum absolute atomic E-state index is 12.6. The molecule has 23 heavy (non-hydrogen) atoms. The molecule has 3 nitrogen and oxygen atoms in total. The van der Waals surface area contributed by atoms with Crippen LogP contribution in [0.5, 0.6) is 0 Å². The number of rotatable bonds is 3. The molecule has 116 valence electrons. The monoisotopic (exact) mass is 324 g/mol. The predicted molar refractivity (Wildman–Crippen MR) is 94.8 cm³/mol. The van der Waals surface area contributed by atoms with Gasteiger partial charge in [0.15, 0.2) is 0 Å². The van der Waals surface area contributed by atoms with E-state index in [1.807, 2.05) is 62.4 Å². The number of nitrogens with one attached hydrogen (secondary N) is 1. The molecular weight excluding hydrogens is 308 g/mol. The first kappa shape index (κ1) is 15.5. The lowest BCUT2D eigenvalue weighted by Gasteiger charge is -2.13. The van der Waals surface area contributed by atoms with Gasteiger partial charge in [-0.25, -0.2) is 4.98 Å². The van der Waals surface area contributed by atoms with E-state index in [2.05, 4.69) is 10.3 Å². The Morgan fingerprint density at radius 1 is 1.09 bits per heavy atom. The Morgan fingerprint density at radius 3 is 2.52 bits per heavy atom. The van der Waals surface area contributed by atoms with E-state index in [1.54, 1.807) is 6.07 Å². The topological polar surface area (TPSA) is 42.0 Å². The molecule has 0 fully saturated rings. The standard InChI is InChI=1S/C19H17ClN2O/c1-12(2)21-19(23)15-11-18(14-8-3-5-9-16(14)20)22-17-10-6-4-7-13(15)17/h3-12H,1-2H3,(H,21,23). The highest BCUT2D eigenvalue weighted by Gasteiger charge is 2.15. The Balaban J connectivity index is 2.22. The summed E-state index contributed by atoms with van der Waals surface area (Å²) in [6, 6.07) is 17.0. The SMILES string of the molecule is CC(C)NC(=O)c1cc(-c2ccccc2Cl)nc2ccccc12. The number of carbonyl (C=O) groups is 1. The van der Waals surface area contributed by atoms with Gasteiger partial charge >= 0.3 is 0 Å². The number of amides is 1. The van der Waals surface area contributed by atoms with E-state index in [0.717, 1.165) is 16.5 Å². The molecule has 0 aliphatic heterocycles. The van der Waals surface area contributed by atoms with Crippen LogP contribution >= 0.6 is 11.6 Å². The van der Waals surface area contributed by atoms with Gasteiger partial charge in [0.1, 0.15) is 0 Å². The van der Waals surface area contributed by atoms with E-state index in [-0.39, 0.29) is 11.9 Å². The molecule has 0 radical (unpaired) electrons. The molecule has 0 aliphatic rings. The third-order valence-corrected chi connectivity index (χ3v) is 3.86. The van der Waals surface area contributed by atoms with Crippen LogP contribution in [0.25, 0.3) is 22.2 Å². The van der Waals surface area contributed by atoms with Crippen molar-refractivity contribution in [3.8, 4) is 11.3 Å². The van der Waals surface area contributed by atoms with Crippen LogP contribution in [0.15, 0.2) is 54.6 Å². The number of aromatic nitrogens is 1. The van der Waals surface area contributed by atoms with Gasteiger partial charge < -0.3 is 5.32 Å². The Kier molecular flexibility index (Phi) is 4.30. The zero-order valence-electron chi connectivity index (χ0n) is 13.0. The lowest BCUT2D eigenvalue weighted by molar-refractivity contribution is 0.0945. The predicted octanol–water partition coefficient (Wildman–Crippen LogP) is 4.69. The molecule has 1 heterocycles. The first-order valence-corrected chi connectivity index (χ1v) is 7.89. The van der Waals surface area contributed by atoms with Crippen molar-refractivity contribution in [3.05, 3.63) is 65.2 Å². The zero-order chi connectivity index (χ0) is 16.4. The highest BCUT2D eigenvalue weighted by Crippen LogP contribution is 2.29. The molecule has 1 N–H and O–H groups in total. The summed E-state index contributed by atoms with van der Waals surface area (Å²) in [4.78, 5) is 17.2. The second-order valence-corrected chi connectivity index (χ2v) is 6.09. The van der Waals surface area contributed by atoms with Gasteiger partial charge in [-0.1, -0.05) is 48.0 Å². The van der Waals surface area contributed by atoms with E-state index in [0.29, 0.717) is 16.3 Å². The summed E-state index contributed by atoms with van der Waals surface area (Å²) in [6.45, 7) is 3.88. The van der Waals surface area contributed by atoms with Crippen LogP contribution in [0.2, 0.25) is 5.02 Å². The third-order valence-electron chi connectivity index (χ3n) is 3.53. The number of carbonyl (C=O) groups excluding carboxylic acids is 1. The number of para-hydroxylation sites is 1. The van der Waals surface area contributed by atoms with Crippen LogP contribution in [0, 0.1) is 0 Å². The Labute approximate surface area is 140 Å². The molecule has 0 atom stereocenters. The summed E-state index contributed by atoms with van der Waals surface area (Å²) in [5.74, 6) is -0.105. The van der Waals surface area contributed by atoms with Gasteiger partial charge in [-0.3, -0.25) is 4.79 Å². The minimum atomic E-state index is -0.105. The average Bonchev–Trinajstić information content (AvgIpc) is 2.53. The lowest BCUT2D eigenvalue weighted by atomic mass is 10.0. The highest BCUT2D eigenvalue weighted by atomic mass is 35.5. The maximum Gasteiger partial charge on any atom is 0.252 e. The minimum absolute atomic E-state index is 0.0678. The number of hydrogen-bond donors (Lipinski definition) is 1. The third kappa shape index (κ3) is 3.20. The zero-order valence-corrected chi connectivity index (χ0v) is 13.8. The van der Waals surface area contributed by atoms with Crippen LogP contribution < -0.4 is 5.32 Å². The van der Waals surface area contributed by atoms with Crippen LogP contribution in [0.3, 0.4) is 0 Å². The van der Waals surface area contributed by atoms with E-state index in [9.17, 15) is 4.79 Å². The molecule has 4 heteroatoms. The van der Waals surface area contributed by atoms with Crippen molar-refractivity contribution in [1.82, 2.24) is 10.3 Å². The molecule has 0 bridgehead atoms. The number of fused-ring (bicyclic) bond motifs is 1. The van der Waals surface area contributed by atoms with E-state index < -0.39 is 0 Å². The first-order valence-electron chi connectivity index (χ1n) is 7.52. The van der Waals surface area contributed by atoms with Crippen molar-refractivity contribution >= 4 is 28.4 Å². The summed E-state index contributed by atoms with van der Waals surface area (Å²) >= 11 is 6.29. The molecule has 1 amide bonds. The molecule has 2 aromatic carbocycles. The smallest absolute Gasteiger partial charge is 0.252 e. The summed E-state index contributed by atoms with van der Waals surface area (Å²) in [7, 11) is 0. The summed E-state index contributed by atoms with van der Waals surface area (Å²) in [6.07, 6.45) is 0. The average molecular weight is 325 g/mol. The first-order chi connectivity index (χ1) is 11.1. The highest BCUT2D eigenvalue weighted by molar-refractivity contribution is 6.33. The fraction of sp³-hybridized carbons (Fsp3) is 0.158. The second-order valence-electron chi connectivity index (χ2n) is 5.68. The van der Waals surface area contributed by atoms with Crippen molar-refractivity contribution in [2.75, 3.05) is 0 Å². The molecule has 3 rings (SSSR count). The number of halogens is 1. The van der Waals surface area contributed by atoms with Gasteiger partial charge in [0.25, 0.3) is 5.91 Å². The largest absolute Gasteiger partial charge is 0.350 e. The van der Waals surface area contributed by atoms with Gasteiger partial charge in [0, 0.05) is 22.0 Å². The fourth-order valence-corrected chi connectivity index (χ4v) is 2.74. The normalized spacial score (nSPS) is 11.0. The van der Waals surface area contributed by atoms with Crippen LogP contribution in [-0.2, 0) is 0 Å². The number of benzene rings is 2. The van der Waals surface area contributed by atoms with Crippen molar-refractivity contribution in [1.29, 1.82) is 0 Å². The Morgan fingerprint density at radius 2 is 1.78 bits per heavy atom. The summed E-state index contributed by atoms with van der Waals surface area (Å²) in [5.41, 5.74) is 2.90. The number of hydrogen-bond acceptors (Lipinski definition) is 2. The lowest BCUT2D eigenvalue weighted by Crippen LogP contribution is -2.30. The van der Waals surface area contributed by atoms with Crippen molar-refractivity contribution in [2.24, 2.45) is 0 Å². The van der Waals surface area contributed by atoms with E-state index >= 15 is 0 Å². The summed E-state index contributed by atoms with van der Waals surface area (Å²) < 4.78 is 0. The quantitative estimate of drug-likeness (QED) is 0.759. The molecule has 0 saturated carbocycles. The summed E-state index contributed by atoms with van der Waals surface area (Å²) in [5, 5.41) is 4.40. The molecule has 0 aliphatic carbocycles. The minimum Gasteiger partial charge on any atom is -0.350 e. The van der Waals surface area contributed by atoms with Gasteiger partial charge in [-0.05, 0) is 32.0 Å². The van der Waals surface area contributed by atoms with Crippen molar-refractivity contribution < 1.29 is 4.79 Å². The van der Waals surface area contributed by atoms with Gasteiger partial charge in [0.2, 0.25) is 0 Å². The Bertz CT molecular complexity index is 874. The van der Waals surface area contributed by atoms with Crippen molar-refractivity contribution in [2.45, 2.75) is 19.9 Å². The van der Waals surface area contributed by atoms with Crippen LogP contribution in [0.1, 0.15) is 24.2 Å². The van der Waals surface area contributed by atoms with E-state index in [1.165, 1.54) is 0 Å². The molecule has 3 aromatic rings. The number of pyridine rings is 1. The van der Waals surface area contributed by atoms with Gasteiger partial charge in [-0.15, -0.1) is 0 Å². The van der Waals surface area contributed by atoms with Crippen LogP contribution in [0.4, 0.5) is 0 Å². The second kappa shape index (κ2) is 6.39. The van der Waals surface area contributed by atoms with Gasteiger partial charge in [0.05, 0.1) is 16.8 Å². The molecule has 1 aromatic heterocycles. The molecule has 0 saturated heterocycles. The fourth-order valence-electron chi connectivity index (χ4n) is 2.51. The van der Waals surface area contributed by atoms with Gasteiger partial charge in [-0.2, -0.15) is 0 Å². The molecular formula is C19H17ClN2O. The molecule has 0 unspecified atom stereocenters. The molecule has 0 spiro atoms.